The summed E-state index contributed by atoms with van der Waals surface area (Å²) in [5.41, 5.74) is 11.7. The summed E-state index contributed by atoms with van der Waals surface area (Å²) >= 11 is 0. The van der Waals surface area contributed by atoms with Crippen molar-refractivity contribution in [3.8, 4) is 91.8 Å². The maximum absolute atomic E-state index is 9.21. The fourth-order valence-corrected chi connectivity index (χ4v) is 71.9. The van der Waals surface area contributed by atoms with Crippen LogP contribution in [0.15, 0.2) is 194 Å². The van der Waals surface area contributed by atoms with Crippen LogP contribution in [-0.2, 0) is 16.5 Å². The van der Waals surface area contributed by atoms with E-state index in [4.69, 9.17) is 35.4 Å². The normalized spacial score (nSPS) is 12.4. The number of hydrogen-bond acceptors (Lipinski definition) is 12. The Bertz CT molecular complexity index is 4320. The van der Waals surface area contributed by atoms with Crippen molar-refractivity contribution >= 4 is 74.6 Å². The second-order valence-electron chi connectivity index (χ2n) is 46.0. The lowest BCUT2D eigenvalue weighted by atomic mass is 10.0. The van der Waals surface area contributed by atoms with Gasteiger partial charge in [0.2, 0.25) is 0 Å². The molecule has 0 saturated carbocycles. The number of unbranched alkanes of at least 4 members (excludes halogenated alkanes) is 32. The Morgan fingerprint density at radius 1 is 0.156 bits per heavy atom. The molecule has 0 radical (unpaired) electrons. The van der Waals surface area contributed by atoms with E-state index < -0.39 is 74.6 Å². The van der Waals surface area contributed by atoms with E-state index in [-0.39, 0.29) is 0 Å². The summed E-state index contributed by atoms with van der Waals surface area (Å²) in [4.78, 5) is 0. The van der Waals surface area contributed by atoms with Gasteiger partial charge in [-0.15, -0.1) is 0 Å². The molecule has 768 valence electrons. The van der Waals surface area contributed by atoms with E-state index in [0.29, 0.717) is 22.3 Å². The monoisotopic (exact) mass is 2060 g/mol. The Kier molecular flexibility index (Phi) is 53.4. The molecular formula is C120H184N4O8Si9. The summed E-state index contributed by atoms with van der Waals surface area (Å²) < 4.78 is 55.8. The van der Waals surface area contributed by atoms with Crippen LogP contribution >= 0.6 is 0 Å². The molecule has 0 amide bonds. The van der Waals surface area contributed by atoms with Gasteiger partial charge in [0.25, 0.3) is 0 Å². The minimum atomic E-state index is -2.09. The summed E-state index contributed by atoms with van der Waals surface area (Å²) in [5.74, 6) is 3.68. The van der Waals surface area contributed by atoms with Crippen LogP contribution in [0.25, 0.3) is 44.5 Å². The third-order valence-corrected chi connectivity index (χ3v) is 65.8. The fourth-order valence-electron chi connectivity index (χ4n) is 20.7. The highest BCUT2D eigenvalue weighted by molar-refractivity contribution is 6.92. The predicted octanol–water partition coefficient (Wildman–Crippen LogP) is 37.7. The molecule has 0 atom stereocenters. The smallest absolute Gasteiger partial charge is 0.173 e. The molecule has 0 aliphatic carbocycles. The maximum atomic E-state index is 9.21. The number of nitriles is 4. The van der Waals surface area contributed by atoms with Crippen LogP contribution in [0.5, 0.6) is 23.0 Å². The number of rotatable bonds is 76. The molecule has 0 heterocycles. The van der Waals surface area contributed by atoms with Gasteiger partial charge in [0.1, 0.15) is 23.0 Å². The van der Waals surface area contributed by atoms with Gasteiger partial charge in [0.05, 0.1) is 81.0 Å². The van der Waals surface area contributed by atoms with E-state index in [1.165, 1.54) is 278 Å². The van der Waals surface area contributed by atoms with E-state index in [0.717, 1.165) is 120 Å². The van der Waals surface area contributed by atoms with E-state index in [9.17, 15) is 21.0 Å². The summed E-state index contributed by atoms with van der Waals surface area (Å²) in [6.07, 6.45) is 45.7. The van der Waals surface area contributed by atoms with Crippen molar-refractivity contribution in [3.05, 3.63) is 216 Å². The lowest BCUT2D eigenvalue weighted by Crippen LogP contribution is -2.50. The average Bonchev–Trinajstić information content (AvgIpc) is 0.804. The zero-order valence-electron chi connectivity index (χ0n) is 90.8. The second-order valence-corrected chi connectivity index (χ2v) is 86.4. The van der Waals surface area contributed by atoms with Gasteiger partial charge in [-0.3, -0.25) is 0 Å². The zero-order valence-corrected chi connectivity index (χ0v) is 99.8. The molecule has 21 heteroatoms. The average molecular weight is 2060 g/mol. The second kappa shape index (κ2) is 63.3. The van der Waals surface area contributed by atoms with Crippen LogP contribution in [0.3, 0.4) is 0 Å². The van der Waals surface area contributed by atoms with Crippen LogP contribution in [0.2, 0.25) is 177 Å². The molecule has 8 aromatic rings. The number of benzene rings is 8. The van der Waals surface area contributed by atoms with Gasteiger partial charge in [-0.1, -0.05) is 327 Å². The van der Waals surface area contributed by atoms with Gasteiger partial charge in [-0.25, -0.2) is 0 Å². The third-order valence-electron chi connectivity index (χ3n) is 28.8. The Morgan fingerprint density at radius 2 is 0.284 bits per heavy atom. The lowest BCUT2D eigenvalue weighted by molar-refractivity contribution is 0.304. The highest BCUT2D eigenvalue weighted by atomic mass is 28.4. The lowest BCUT2D eigenvalue weighted by Gasteiger charge is -2.43. The molecule has 0 aliphatic rings. The van der Waals surface area contributed by atoms with Gasteiger partial charge in [0.15, 0.2) is 66.5 Å². The van der Waals surface area contributed by atoms with Crippen molar-refractivity contribution in [2.45, 2.75) is 408 Å². The van der Waals surface area contributed by atoms with E-state index >= 15 is 0 Å². The van der Waals surface area contributed by atoms with Crippen molar-refractivity contribution in [2.24, 2.45) is 0 Å². The Morgan fingerprint density at radius 3 is 0.433 bits per heavy atom. The fraction of sp³-hybridized carbons (Fsp3) is 0.567. The summed E-state index contributed by atoms with van der Waals surface area (Å²) in [6, 6.07) is 88.9. The van der Waals surface area contributed by atoms with Crippen molar-refractivity contribution in [1.29, 1.82) is 21.0 Å². The minimum Gasteiger partial charge on any atom is -0.494 e. The molecule has 8 rings (SSSR count). The summed E-state index contributed by atoms with van der Waals surface area (Å²) in [6.45, 7) is 44.5. The molecule has 0 bridgehead atoms. The number of ether oxygens (including phenoxy) is 4. The van der Waals surface area contributed by atoms with Crippen LogP contribution in [0.4, 0.5) is 0 Å². The molecule has 0 spiro atoms. The standard InChI is InChI=1S/C120H184N4O8Si9/c1-133(2,89-49-41-33-25-17-21-29-37-45-85-125-117-77-69-113(70-78-117)109-61-53-105(101-121)54-62-109)129-137(9,10)93-97-141(98-94-138(11,12)130-134(3,4)90-50-42-34-26-18-22-30-38-46-86-126-118-79-71-114(72-80-118)110-63-55-106(102-122)56-64-110,99-95-139(13,14)131-135(5,6)91-51-43-35-27-19-23-31-39-47-87-127-119-81-73-115(74-82-119)111-65-57-107(103-123)58-66-111)100-96-140(15,16)132-136(7,8)92-52-44-36-28-20-24-32-40-48-88-128-120-83-75-116(76-84-120)112-67-59-108(104-124)60-68-112/h53-84H,17-52,85-100H2,1-16H3. The first-order valence-electron chi connectivity index (χ1n) is 55.3. The van der Waals surface area contributed by atoms with Crippen molar-refractivity contribution in [3.63, 3.8) is 0 Å². The molecular weight excluding hydrogens is 1880 g/mol. The maximum Gasteiger partial charge on any atom is 0.173 e. The Hall–Kier alpha value is -7.29. The van der Waals surface area contributed by atoms with Crippen molar-refractivity contribution in [2.75, 3.05) is 26.4 Å². The highest BCUT2D eigenvalue weighted by Gasteiger charge is 2.45. The summed E-state index contributed by atoms with van der Waals surface area (Å²) in [5, 5.41) is 36.9. The highest BCUT2D eigenvalue weighted by Crippen LogP contribution is 2.44. The van der Waals surface area contributed by atoms with Gasteiger partial charge < -0.3 is 35.4 Å². The van der Waals surface area contributed by atoms with E-state index in [1.54, 1.807) is 0 Å². The summed E-state index contributed by atoms with van der Waals surface area (Å²) in [7, 11) is -18.2. The Labute approximate surface area is 867 Å². The predicted molar refractivity (Wildman–Crippen MR) is 622 cm³/mol. The Balaban J connectivity index is 0.832. The molecule has 8 aromatic carbocycles. The zero-order chi connectivity index (χ0) is 102. The number of hydrogen-bond donors (Lipinski definition) is 0. The van der Waals surface area contributed by atoms with Gasteiger partial charge in [-0.2, -0.15) is 21.0 Å². The van der Waals surface area contributed by atoms with Crippen LogP contribution < -0.4 is 18.9 Å². The number of nitrogens with zero attached hydrogens (tertiary/aromatic N) is 4. The van der Waals surface area contributed by atoms with Crippen molar-refractivity contribution in [1.82, 2.24) is 0 Å². The quantitative estimate of drug-likeness (QED) is 0.0262. The molecule has 0 saturated heterocycles. The minimum absolute atomic E-state index is 0.680. The molecule has 0 N–H and O–H groups in total. The first-order valence-corrected chi connectivity index (χ1v) is 83.1. The third kappa shape index (κ3) is 50.1. The molecule has 12 nitrogen and oxygen atoms in total. The van der Waals surface area contributed by atoms with E-state index in [1.807, 2.05) is 97.1 Å². The molecule has 0 unspecified atom stereocenters. The first-order chi connectivity index (χ1) is 67.6. The molecule has 0 aromatic heterocycles. The first kappa shape index (κ1) is 119. The van der Waals surface area contributed by atoms with Crippen molar-refractivity contribution < 1.29 is 35.4 Å². The van der Waals surface area contributed by atoms with Gasteiger partial charge >= 0.3 is 0 Å². The topological polar surface area (TPSA) is 169 Å². The largest absolute Gasteiger partial charge is 0.494 e. The molecule has 141 heavy (non-hydrogen) atoms. The van der Waals surface area contributed by atoms with Crippen LogP contribution in [0, 0.1) is 45.3 Å². The SMILES string of the molecule is C[Si](C)(CCCCCCCCCCCOc1ccc(-c2ccc(C#N)cc2)cc1)O[Si](C)(C)CC[Si](CC[Si](C)(C)O[Si](C)(C)CCCCCCCCCCCOc1ccc(-c2ccc(C#N)cc2)cc1)(CC[Si](C)(C)O[Si](C)(C)CCCCCCCCCCCOc1ccc(-c2ccc(C#N)cc2)cc1)CC[Si](C)(C)O[Si](C)(C)CCCCCCCCCCCOc1ccc(-c2ccc(C#N)cc2)cc1. The molecule has 0 fully saturated rings. The van der Waals surface area contributed by atoms with Gasteiger partial charge in [-0.05, 0) is 320 Å². The van der Waals surface area contributed by atoms with Crippen LogP contribution in [-0.4, -0.2) is 101 Å². The van der Waals surface area contributed by atoms with Crippen LogP contribution in [0.1, 0.15) is 253 Å². The van der Waals surface area contributed by atoms with E-state index in [2.05, 4.69) is 226 Å². The molecule has 0 aliphatic heterocycles. The van der Waals surface area contributed by atoms with Gasteiger partial charge in [0, 0.05) is 0 Å².